The third-order valence-corrected chi connectivity index (χ3v) is 4.25. The summed E-state index contributed by atoms with van der Waals surface area (Å²) in [5, 5.41) is 3.56. The van der Waals surface area contributed by atoms with E-state index in [1.807, 2.05) is 7.05 Å². The number of benzene rings is 1. The first kappa shape index (κ1) is 18.3. The van der Waals surface area contributed by atoms with Gasteiger partial charge in [0.15, 0.2) is 5.96 Å². The van der Waals surface area contributed by atoms with Crippen LogP contribution >= 0.6 is 24.0 Å². The van der Waals surface area contributed by atoms with E-state index in [9.17, 15) is 0 Å². The topological polar surface area (TPSA) is 27.6 Å². The molecule has 1 aromatic rings. The number of nitrogens with one attached hydrogen (secondary N) is 1. The fraction of sp³-hybridized carbons (Fsp3) is 0.588. The van der Waals surface area contributed by atoms with Gasteiger partial charge in [-0.25, -0.2) is 0 Å². The fourth-order valence-corrected chi connectivity index (χ4v) is 2.64. The molecule has 21 heavy (non-hydrogen) atoms. The first-order chi connectivity index (χ1) is 9.72. The van der Waals surface area contributed by atoms with Gasteiger partial charge in [-0.3, -0.25) is 4.99 Å². The van der Waals surface area contributed by atoms with Gasteiger partial charge in [-0.05, 0) is 24.8 Å². The summed E-state index contributed by atoms with van der Waals surface area (Å²) in [7, 11) is 3.99. The highest BCUT2D eigenvalue weighted by atomic mass is 127. The highest BCUT2D eigenvalue weighted by molar-refractivity contribution is 14.0. The van der Waals surface area contributed by atoms with Crippen molar-refractivity contribution in [1.29, 1.82) is 0 Å². The largest absolute Gasteiger partial charge is 0.355 e. The average molecular weight is 401 g/mol. The van der Waals surface area contributed by atoms with Crippen LogP contribution in [-0.4, -0.2) is 38.0 Å². The molecule has 0 amide bonds. The molecule has 3 nitrogen and oxygen atoms in total. The molecule has 0 atom stereocenters. The Morgan fingerprint density at radius 3 is 2.48 bits per heavy atom. The summed E-state index contributed by atoms with van der Waals surface area (Å²) in [5.41, 5.74) is 1.79. The number of halogens is 1. The van der Waals surface area contributed by atoms with E-state index < -0.39 is 0 Å². The van der Waals surface area contributed by atoms with Crippen LogP contribution in [0, 0.1) is 0 Å². The molecular formula is C17H28IN3. The van der Waals surface area contributed by atoms with Crippen molar-refractivity contribution < 1.29 is 0 Å². The normalized spacial score (nSPS) is 16.0. The Labute approximate surface area is 146 Å². The van der Waals surface area contributed by atoms with E-state index in [1.54, 1.807) is 0 Å². The zero-order valence-electron chi connectivity index (χ0n) is 13.4. The molecule has 0 aliphatic heterocycles. The van der Waals surface area contributed by atoms with Crippen LogP contribution < -0.4 is 5.32 Å². The highest BCUT2D eigenvalue weighted by Crippen LogP contribution is 2.47. The summed E-state index contributed by atoms with van der Waals surface area (Å²) in [5.74, 6) is 1.01. The molecule has 118 valence electrons. The zero-order valence-corrected chi connectivity index (χ0v) is 15.8. The number of hydrogen-bond acceptors (Lipinski definition) is 1. The molecule has 1 saturated carbocycles. The van der Waals surface area contributed by atoms with E-state index in [2.05, 4.69) is 59.5 Å². The second-order valence-corrected chi connectivity index (χ2v) is 5.82. The third kappa shape index (κ3) is 4.87. The second-order valence-electron chi connectivity index (χ2n) is 5.82. The number of rotatable bonds is 6. The summed E-state index contributed by atoms with van der Waals surface area (Å²) < 4.78 is 0. The molecule has 1 aromatic carbocycles. The summed E-state index contributed by atoms with van der Waals surface area (Å²) in [6.07, 6.45) is 4.98. The number of aliphatic imine (C=N–C) groups is 1. The average Bonchev–Trinajstić information content (AvgIpc) is 3.28. The van der Waals surface area contributed by atoms with Gasteiger partial charge in [-0.2, -0.15) is 0 Å². The van der Waals surface area contributed by atoms with Crippen LogP contribution in [0.2, 0.25) is 0 Å². The Balaban J connectivity index is 0.00000220. The minimum atomic E-state index is 0. The van der Waals surface area contributed by atoms with Crippen LogP contribution in [0.25, 0.3) is 0 Å². The van der Waals surface area contributed by atoms with Crippen molar-refractivity contribution in [2.24, 2.45) is 4.99 Å². The lowest BCUT2D eigenvalue weighted by Gasteiger charge is -2.24. The Morgan fingerprint density at radius 1 is 1.29 bits per heavy atom. The molecule has 0 radical (unpaired) electrons. The van der Waals surface area contributed by atoms with Gasteiger partial charge in [0.1, 0.15) is 0 Å². The van der Waals surface area contributed by atoms with Crippen molar-refractivity contribution in [2.45, 2.75) is 38.0 Å². The van der Waals surface area contributed by atoms with Gasteiger partial charge in [0.05, 0.1) is 0 Å². The van der Waals surface area contributed by atoms with E-state index in [-0.39, 0.29) is 24.0 Å². The standard InChI is InChI=1S/C17H27N3.HI/c1-4-5-13-20(3)16(18-2)19-14-17(11-12-17)15-9-7-6-8-10-15;/h6-10H,4-5,11-14H2,1-3H3,(H,18,19);1H. The van der Waals surface area contributed by atoms with Crippen LogP contribution in [0.1, 0.15) is 38.2 Å². The predicted octanol–water partition coefficient (Wildman–Crippen LogP) is 3.64. The molecular weight excluding hydrogens is 373 g/mol. The summed E-state index contributed by atoms with van der Waals surface area (Å²) in [6.45, 7) is 4.27. The van der Waals surface area contributed by atoms with Crippen molar-refractivity contribution in [3.05, 3.63) is 35.9 Å². The van der Waals surface area contributed by atoms with E-state index in [1.165, 1.54) is 31.2 Å². The first-order valence-electron chi connectivity index (χ1n) is 7.69. The Morgan fingerprint density at radius 2 is 1.95 bits per heavy atom. The van der Waals surface area contributed by atoms with Crippen molar-refractivity contribution in [1.82, 2.24) is 10.2 Å². The molecule has 2 rings (SSSR count). The lowest BCUT2D eigenvalue weighted by molar-refractivity contribution is 0.459. The highest BCUT2D eigenvalue weighted by Gasteiger charge is 2.44. The van der Waals surface area contributed by atoms with Gasteiger partial charge in [-0.1, -0.05) is 43.7 Å². The first-order valence-corrected chi connectivity index (χ1v) is 7.69. The Hall–Kier alpha value is -0.780. The van der Waals surface area contributed by atoms with Crippen LogP contribution in [0.3, 0.4) is 0 Å². The number of hydrogen-bond donors (Lipinski definition) is 1. The van der Waals surface area contributed by atoms with Crippen LogP contribution in [0.15, 0.2) is 35.3 Å². The molecule has 4 heteroatoms. The molecule has 1 fully saturated rings. The lowest BCUT2D eigenvalue weighted by atomic mass is 9.96. The molecule has 0 spiro atoms. The summed E-state index contributed by atoms with van der Waals surface area (Å²) in [4.78, 5) is 6.62. The number of guanidine groups is 1. The van der Waals surface area contributed by atoms with E-state index >= 15 is 0 Å². The maximum absolute atomic E-state index is 4.40. The quantitative estimate of drug-likeness (QED) is 0.448. The van der Waals surface area contributed by atoms with E-state index in [0.717, 1.165) is 19.0 Å². The van der Waals surface area contributed by atoms with Gasteiger partial charge in [0.2, 0.25) is 0 Å². The minimum Gasteiger partial charge on any atom is -0.355 e. The Bertz CT molecular complexity index is 441. The smallest absolute Gasteiger partial charge is 0.193 e. The Kier molecular flexibility index (Phi) is 7.49. The van der Waals surface area contributed by atoms with Crippen LogP contribution in [-0.2, 0) is 5.41 Å². The van der Waals surface area contributed by atoms with Gasteiger partial charge < -0.3 is 10.2 Å². The van der Waals surface area contributed by atoms with Gasteiger partial charge in [-0.15, -0.1) is 24.0 Å². The molecule has 0 bridgehead atoms. The summed E-state index contributed by atoms with van der Waals surface area (Å²) >= 11 is 0. The molecule has 1 aliphatic carbocycles. The maximum atomic E-state index is 4.40. The molecule has 0 heterocycles. The predicted molar refractivity (Wildman–Crippen MR) is 102 cm³/mol. The van der Waals surface area contributed by atoms with Crippen molar-refractivity contribution in [3.63, 3.8) is 0 Å². The molecule has 0 saturated heterocycles. The van der Waals surface area contributed by atoms with Crippen molar-refractivity contribution in [3.8, 4) is 0 Å². The third-order valence-electron chi connectivity index (χ3n) is 4.25. The van der Waals surface area contributed by atoms with Gasteiger partial charge in [0, 0.05) is 32.6 Å². The van der Waals surface area contributed by atoms with E-state index in [0.29, 0.717) is 5.41 Å². The molecule has 0 unspecified atom stereocenters. The zero-order chi connectivity index (χ0) is 14.4. The second kappa shape index (κ2) is 8.61. The number of unbranched alkanes of at least 4 members (excludes halogenated alkanes) is 1. The van der Waals surface area contributed by atoms with Crippen LogP contribution in [0.5, 0.6) is 0 Å². The summed E-state index contributed by atoms with van der Waals surface area (Å²) in [6, 6.07) is 10.9. The SMILES string of the molecule is CCCCN(C)C(=NC)NCC1(c2ccccc2)CC1.I. The molecule has 0 aromatic heterocycles. The van der Waals surface area contributed by atoms with Crippen LogP contribution in [0.4, 0.5) is 0 Å². The van der Waals surface area contributed by atoms with Crippen molar-refractivity contribution in [2.75, 3.05) is 27.2 Å². The van der Waals surface area contributed by atoms with Gasteiger partial charge >= 0.3 is 0 Å². The lowest BCUT2D eigenvalue weighted by Crippen LogP contribution is -2.42. The minimum absolute atomic E-state index is 0. The fourth-order valence-electron chi connectivity index (χ4n) is 2.64. The monoisotopic (exact) mass is 401 g/mol. The van der Waals surface area contributed by atoms with Gasteiger partial charge in [0.25, 0.3) is 0 Å². The maximum Gasteiger partial charge on any atom is 0.193 e. The van der Waals surface area contributed by atoms with Crippen molar-refractivity contribution >= 4 is 29.9 Å². The molecule has 1 aliphatic rings. The molecule has 1 N–H and O–H groups in total. The van der Waals surface area contributed by atoms with E-state index in [4.69, 9.17) is 0 Å². The number of nitrogens with zero attached hydrogens (tertiary/aromatic N) is 2.